The van der Waals surface area contributed by atoms with Gasteiger partial charge in [-0.3, -0.25) is 4.79 Å². The second-order valence-corrected chi connectivity index (χ2v) is 6.13. The van der Waals surface area contributed by atoms with Crippen LogP contribution in [0.2, 0.25) is 5.02 Å². The molecule has 1 aliphatic rings. The lowest BCUT2D eigenvalue weighted by atomic mass is 10.1. The van der Waals surface area contributed by atoms with Gasteiger partial charge in [-0.25, -0.2) is 0 Å². The van der Waals surface area contributed by atoms with Gasteiger partial charge in [-0.15, -0.1) is 0 Å². The van der Waals surface area contributed by atoms with E-state index in [1.807, 2.05) is 38.1 Å². The van der Waals surface area contributed by atoms with Gasteiger partial charge < -0.3 is 10.2 Å². The number of aryl methyl sites for hydroxylation is 1. The van der Waals surface area contributed by atoms with Crippen molar-refractivity contribution in [2.24, 2.45) is 0 Å². The molecule has 0 bridgehead atoms. The highest BCUT2D eigenvalue weighted by Gasteiger charge is 2.27. The van der Waals surface area contributed by atoms with Gasteiger partial charge in [-0.1, -0.05) is 35.9 Å². The monoisotopic (exact) mass is 314 g/mol. The second-order valence-electron chi connectivity index (χ2n) is 5.70. The lowest BCUT2D eigenvalue weighted by molar-refractivity contribution is -0.117. The van der Waals surface area contributed by atoms with Gasteiger partial charge in [0.2, 0.25) is 5.91 Å². The van der Waals surface area contributed by atoms with Crippen molar-refractivity contribution in [2.75, 3.05) is 16.8 Å². The highest BCUT2D eigenvalue weighted by Crippen LogP contribution is 2.29. The number of benzene rings is 2. The quantitative estimate of drug-likeness (QED) is 0.927. The van der Waals surface area contributed by atoms with E-state index >= 15 is 0 Å². The van der Waals surface area contributed by atoms with Crippen molar-refractivity contribution in [1.82, 2.24) is 0 Å². The molecule has 0 radical (unpaired) electrons. The molecule has 1 atom stereocenters. The number of amides is 1. The topological polar surface area (TPSA) is 32.3 Å². The Bertz CT molecular complexity index is 714. The number of anilines is 2. The summed E-state index contributed by atoms with van der Waals surface area (Å²) in [6.45, 7) is 4.78. The zero-order chi connectivity index (χ0) is 15.7. The van der Waals surface area contributed by atoms with Crippen LogP contribution in [-0.4, -0.2) is 18.5 Å². The Labute approximate surface area is 135 Å². The smallest absolute Gasteiger partial charge is 0.246 e. The summed E-state index contributed by atoms with van der Waals surface area (Å²) in [5, 5.41) is 3.62. The minimum Gasteiger partial charge on any atom is -0.359 e. The Kier molecular flexibility index (Phi) is 4.08. The van der Waals surface area contributed by atoms with E-state index in [-0.39, 0.29) is 11.9 Å². The average molecular weight is 315 g/mol. The number of rotatable bonds is 3. The molecule has 1 heterocycles. The normalized spacial score (nSPS) is 14.6. The molecule has 22 heavy (non-hydrogen) atoms. The summed E-state index contributed by atoms with van der Waals surface area (Å²) < 4.78 is 0. The number of halogens is 1. The van der Waals surface area contributed by atoms with Crippen LogP contribution in [0.1, 0.15) is 18.1 Å². The van der Waals surface area contributed by atoms with Crippen LogP contribution in [0.4, 0.5) is 11.4 Å². The van der Waals surface area contributed by atoms with Crippen molar-refractivity contribution in [3.8, 4) is 0 Å². The van der Waals surface area contributed by atoms with Crippen molar-refractivity contribution in [3.63, 3.8) is 0 Å². The fourth-order valence-electron chi connectivity index (χ4n) is 2.87. The van der Waals surface area contributed by atoms with Gasteiger partial charge in [0.1, 0.15) is 6.04 Å². The van der Waals surface area contributed by atoms with Crippen LogP contribution >= 0.6 is 11.6 Å². The summed E-state index contributed by atoms with van der Waals surface area (Å²) in [5.74, 6) is -0.0120. The lowest BCUT2D eigenvalue weighted by Gasteiger charge is -2.26. The molecule has 0 spiro atoms. The summed E-state index contributed by atoms with van der Waals surface area (Å²) in [5.41, 5.74) is 4.25. The molecule has 2 aromatic rings. The summed E-state index contributed by atoms with van der Waals surface area (Å²) in [6, 6.07) is 13.6. The minimum absolute atomic E-state index is 0.0120. The van der Waals surface area contributed by atoms with Gasteiger partial charge in [0.15, 0.2) is 0 Å². The first-order valence-electron chi connectivity index (χ1n) is 7.48. The summed E-state index contributed by atoms with van der Waals surface area (Å²) in [4.78, 5) is 14.7. The van der Waals surface area contributed by atoms with Crippen LogP contribution in [0.3, 0.4) is 0 Å². The van der Waals surface area contributed by atoms with Crippen LogP contribution in [0.5, 0.6) is 0 Å². The van der Waals surface area contributed by atoms with E-state index in [0.717, 1.165) is 29.9 Å². The molecule has 3 rings (SSSR count). The molecule has 0 aliphatic carbocycles. The maximum absolute atomic E-state index is 12.6. The fourth-order valence-corrected chi connectivity index (χ4v) is 3.05. The Morgan fingerprint density at radius 1 is 1.27 bits per heavy atom. The van der Waals surface area contributed by atoms with E-state index < -0.39 is 0 Å². The molecule has 114 valence electrons. The first-order chi connectivity index (χ1) is 10.6. The third-order valence-electron chi connectivity index (χ3n) is 4.23. The lowest BCUT2D eigenvalue weighted by Crippen LogP contribution is -2.41. The van der Waals surface area contributed by atoms with Crippen LogP contribution in [0.15, 0.2) is 42.5 Å². The highest BCUT2D eigenvalue weighted by molar-refractivity contribution is 6.31. The molecule has 2 aromatic carbocycles. The Hall–Kier alpha value is -2.00. The van der Waals surface area contributed by atoms with Crippen LogP contribution in [0, 0.1) is 6.92 Å². The predicted molar refractivity (Wildman–Crippen MR) is 91.8 cm³/mol. The summed E-state index contributed by atoms with van der Waals surface area (Å²) >= 11 is 6.01. The largest absolute Gasteiger partial charge is 0.359 e. The summed E-state index contributed by atoms with van der Waals surface area (Å²) in [6.07, 6.45) is 0.990. The van der Waals surface area contributed by atoms with E-state index in [4.69, 9.17) is 11.6 Å². The molecule has 0 aromatic heterocycles. The minimum atomic E-state index is -0.220. The Morgan fingerprint density at radius 3 is 2.86 bits per heavy atom. The Balaban J connectivity index is 1.77. The van der Waals surface area contributed by atoms with Crippen LogP contribution in [0.25, 0.3) is 0 Å². The maximum atomic E-state index is 12.6. The van der Waals surface area contributed by atoms with Crippen molar-refractivity contribution >= 4 is 28.9 Å². The van der Waals surface area contributed by atoms with E-state index in [9.17, 15) is 4.79 Å². The number of carbonyl (C=O) groups is 1. The van der Waals surface area contributed by atoms with Gasteiger partial charge in [-0.05, 0) is 49.6 Å². The highest BCUT2D eigenvalue weighted by atomic mass is 35.5. The van der Waals surface area contributed by atoms with Crippen molar-refractivity contribution in [1.29, 1.82) is 0 Å². The SMILES string of the molecule is Cc1ccc(Cl)cc1NC(=O)[C@H](C)N1CCc2ccccc21. The predicted octanol–water partition coefficient (Wildman–Crippen LogP) is 4.04. The molecule has 0 saturated carbocycles. The number of hydrogen-bond donors (Lipinski definition) is 1. The molecule has 1 aliphatic heterocycles. The zero-order valence-corrected chi connectivity index (χ0v) is 13.5. The van der Waals surface area contributed by atoms with Gasteiger partial charge in [0.05, 0.1) is 0 Å². The standard InChI is InChI=1S/C18H19ClN2O/c1-12-7-8-15(19)11-16(12)20-18(22)13(2)21-10-9-14-5-3-4-6-17(14)21/h3-8,11,13H,9-10H2,1-2H3,(H,20,22)/t13-/m0/s1. The van der Waals surface area contributed by atoms with E-state index in [1.54, 1.807) is 6.07 Å². The van der Waals surface area contributed by atoms with E-state index in [0.29, 0.717) is 5.02 Å². The summed E-state index contributed by atoms with van der Waals surface area (Å²) in [7, 11) is 0. The number of hydrogen-bond acceptors (Lipinski definition) is 2. The maximum Gasteiger partial charge on any atom is 0.246 e. The molecule has 4 heteroatoms. The zero-order valence-electron chi connectivity index (χ0n) is 12.8. The molecule has 1 N–H and O–H groups in total. The van der Waals surface area contributed by atoms with Crippen LogP contribution in [-0.2, 0) is 11.2 Å². The molecule has 0 saturated heterocycles. The van der Waals surface area contributed by atoms with E-state index in [2.05, 4.69) is 22.3 Å². The van der Waals surface area contributed by atoms with Crippen molar-refractivity contribution in [3.05, 3.63) is 58.6 Å². The first-order valence-corrected chi connectivity index (χ1v) is 7.85. The average Bonchev–Trinajstić information content (AvgIpc) is 2.94. The molecule has 3 nitrogen and oxygen atoms in total. The Morgan fingerprint density at radius 2 is 2.05 bits per heavy atom. The third kappa shape index (κ3) is 2.81. The molecule has 0 fully saturated rings. The number of nitrogens with one attached hydrogen (secondary N) is 1. The molecular weight excluding hydrogens is 296 g/mol. The molecular formula is C18H19ClN2O. The van der Waals surface area contributed by atoms with Gasteiger partial charge >= 0.3 is 0 Å². The fraction of sp³-hybridized carbons (Fsp3) is 0.278. The van der Waals surface area contributed by atoms with E-state index in [1.165, 1.54) is 5.56 Å². The van der Waals surface area contributed by atoms with Crippen LogP contribution < -0.4 is 10.2 Å². The first kappa shape index (κ1) is 14.9. The number of fused-ring (bicyclic) bond motifs is 1. The van der Waals surface area contributed by atoms with Crippen molar-refractivity contribution < 1.29 is 4.79 Å². The molecule has 0 unspecified atom stereocenters. The third-order valence-corrected chi connectivity index (χ3v) is 4.46. The van der Waals surface area contributed by atoms with Gasteiger partial charge in [0.25, 0.3) is 0 Å². The molecule has 1 amide bonds. The second kappa shape index (κ2) is 6.01. The van der Waals surface area contributed by atoms with Gasteiger partial charge in [0, 0.05) is 22.9 Å². The van der Waals surface area contributed by atoms with Gasteiger partial charge in [-0.2, -0.15) is 0 Å². The number of para-hydroxylation sites is 1. The number of nitrogens with zero attached hydrogens (tertiary/aromatic N) is 1. The number of carbonyl (C=O) groups excluding carboxylic acids is 1. The van der Waals surface area contributed by atoms with Crippen molar-refractivity contribution in [2.45, 2.75) is 26.3 Å².